The van der Waals surface area contributed by atoms with Crippen molar-refractivity contribution in [1.82, 2.24) is 0 Å². The maximum absolute atomic E-state index is 13.6. The van der Waals surface area contributed by atoms with Crippen molar-refractivity contribution in [3.8, 4) is 0 Å². The van der Waals surface area contributed by atoms with E-state index in [0.717, 1.165) is 12.1 Å². The SMILES string of the molecule is CCOC(=O)C(F)[C@H](N)c1cc(F)ccc1Cl.Cl. The molecule has 0 bridgehead atoms. The summed E-state index contributed by atoms with van der Waals surface area (Å²) in [5.41, 5.74) is 5.55. The van der Waals surface area contributed by atoms with Crippen LogP contribution in [0.3, 0.4) is 0 Å². The Morgan fingerprint density at radius 2 is 2.17 bits per heavy atom. The smallest absolute Gasteiger partial charge is 0.342 e. The summed E-state index contributed by atoms with van der Waals surface area (Å²) in [6.07, 6.45) is -2.07. The van der Waals surface area contributed by atoms with E-state index in [2.05, 4.69) is 4.74 Å². The van der Waals surface area contributed by atoms with Crippen molar-refractivity contribution in [1.29, 1.82) is 0 Å². The number of carbonyl (C=O) groups excluding carboxylic acids is 1. The van der Waals surface area contributed by atoms with Crippen molar-refractivity contribution in [3.05, 3.63) is 34.6 Å². The minimum Gasteiger partial charge on any atom is -0.464 e. The van der Waals surface area contributed by atoms with Gasteiger partial charge in [0.15, 0.2) is 0 Å². The molecule has 1 aromatic carbocycles. The molecule has 2 atom stereocenters. The topological polar surface area (TPSA) is 52.3 Å². The Hall–Kier alpha value is -0.910. The molecule has 0 radical (unpaired) electrons. The van der Waals surface area contributed by atoms with Crippen LogP contribution in [0.5, 0.6) is 0 Å². The molecule has 0 saturated heterocycles. The van der Waals surface area contributed by atoms with Gasteiger partial charge in [-0.15, -0.1) is 12.4 Å². The second-order valence-corrected chi connectivity index (χ2v) is 3.75. The molecule has 7 heteroatoms. The summed E-state index contributed by atoms with van der Waals surface area (Å²) in [4.78, 5) is 11.1. The molecule has 2 N–H and O–H groups in total. The van der Waals surface area contributed by atoms with Crippen LogP contribution in [0.4, 0.5) is 8.78 Å². The predicted octanol–water partition coefficient (Wildman–Crippen LogP) is 2.80. The second kappa shape index (κ2) is 7.51. The largest absolute Gasteiger partial charge is 0.464 e. The Morgan fingerprint density at radius 3 is 2.72 bits per heavy atom. The highest BCUT2D eigenvalue weighted by Crippen LogP contribution is 2.26. The van der Waals surface area contributed by atoms with Gasteiger partial charge in [0.05, 0.1) is 12.6 Å². The van der Waals surface area contributed by atoms with Crippen LogP contribution in [0.25, 0.3) is 0 Å². The first-order chi connectivity index (χ1) is 7.97. The van der Waals surface area contributed by atoms with Crippen molar-refractivity contribution in [2.24, 2.45) is 5.73 Å². The number of esters is 1. The number of nitrogens with two attached hydrogens (primary N) is 1. The van der Waals surface area contributed by atoms with Crippen molar-refractivity contribution in [2.45, 2.75) is 19.1 Å². The summed E-state index contributed by atoms with van der Waals surface area (Å²) in [5, 5.41) is 0.103. The summed E-state index contributed by atoms with van der Waals surface area (Å²) in [6, 6.07) is 2.02. The maximum Gasteiger partial charge on any atom is 0.342 e. The zero-order valence-electron chi connectivity index (χ0n) is 9.53. The Balaban J connectivity index is 0.00000289. The lowest BCUT2D eigenvalue weighted by molar-refractivity contribution is -0.149. The Morgan fingerprint density at radius 1 is 1.56 bits per heavy atom. The molecule has 18 heavy (non-hydrogen) atoms. The third-order valence-corrected chi connectivity index (χ3v) is 2.49. The molecule has 0 amide bonds. The zero-order chi connectivity index (χ0) is 13.0. The fraction of sp³-hybridized carbons (Fsp3) is 0.364. The second-order valence-electron chi connectivity index (χ2n) is 3.35. The van der Waals surface area contributed by atoms with Gasteiger partial charge in [-0.25, -0.2) is 13.6 Å². The van der Waals surface area contributed by atoms with Crippen LogP contribution >= 0.6 is 24.0 Å². The average Bonchev–Trinajstić information content (AvgIpc) is 2.30. The first-order valence-corrected chi connectivity index (χ1v) is 5.36. The fourth-order valence-electron chi connectivity index (χ4n) is 1.30. The van der Waals surface area contributed by atoms with E-state index in [0.29, 0.717) is 0 Å². The Labute approximate surface area is 115 Å². The third kappa shape index (κ3) is 4.08. The number of hydrogen-bond acceptors (Lipinski definition) is 3. The number of benzene rings is 1. The zero-order valence-corrected chi connectivity index (χ0v) is 11.1. The van der Waals surface area contributed by atoms with Gasteiger partial charge in [-0.2, -0.15) is 0 Å². The van der Waals surface area contributed by atoms with Crippen molar-refractivity contribution >= 4 is 30.0 Å². The van der Waals surface area contributed by atoms with E-state index in [1.165, 1.54) is 6.07 Å². The third-order valence-electron chi connectivity index (χ3n) is 2.14. The molecule has 0 fully saturated rings. The van der Waals surface area contributed by atoms with Crippen LogP contribution in [0.15, 0.2) is 18.2 Å². The van der Waals surface area contributed by atoms with Gasteiger partial charge >= 0.3 is 5.97 Å². The van der Waals surface area contributed by atoms with Gasteiger partial charge < -0.3 is 10.5 Å². The van der Waals surface area contributed by atoms with Gasteiger partial charge in [-0.3, -0.25) is 0 Å². The maximum atomic E-state index is 13.6. The molecule has 0 heterocycles. The minimum atomic E-state index is -2.07. The van der Waals surface area contributed by atoms with Crippen LogP contribution in [0.2, 0.25) is 5.02 Å². The van der Waals surface area contributed by atoms with Crippen LogP contribution < -0.4 is 5.73 Å². The van der Waals surface area contributed by atoms with E-state index in [-0.39, 0.29) is 29.6 Å². The minimum absolute atomic E-state index is 0. The molecule has 3 nitrogen and oxygen atoms in total. The molecule has 102 valence electrons. The van der Waals surface area contributed by atoms with Crippen LogP contribution in [0, 0.1) is 5.82 Å². The number of halogens is 4. The lowest BCUT2D eigenvalue weighted by Gasteiger charge is -2.17. The summed E-state index contributed by atoms with van der Waals surface area (Å²) < 4.78 is 31.0. The molecule has 1 unspecified atom stereocenters. The average molecular weight is 300 g/mol. The normalized spacial score (nSPS) is 13.4. The number of hydrogen-bond donors (Lipinski definition) is 1. The standard InChI is InChI=1S/C11H12ClF2NO2.ClH/c1-2-17-11(16)9(14)10(15)7-5-6(13)3-4-8(7)12;/h3-5,9-10H,2,15H2,1H3;1H/t9?,10-;/m1./s1. The molecular formula is C11H13Cl2F2NO2. The van der Waals surface area contributed by atoms with Gasteiger partial charge in [0.2, 0.25) is 6.17 Å². The number of ether oxygens (including phenoxy) is 1. The van der Waals surface area contributed by atoms with Gasteiger partial charge in [0, 0.05) is 5.02 Å². The molecule has 0 aliphatic carbocycles. The summed E-state index contributed by atoms with van der Waals surface area (Å²) in [5.74, 6) is -1.68. The van der Waals surface area contributed by atoms with Gasteiger partial charge in [-0.1, -0.05) is 11.6 Å². The van der Waals surface area contributed by atoms with Crippen LogP contribution in [-0.4, -0.2) is 18.7 Å². The van der Waals surface area contributed by atoms with Crippen molar-refractivity contribution in [2.75, 3.05) is 6.61 Å². The fourth-order valence-corrected chi connectivity index (χ4v) is 1.54. The number of rotatable bonds is 4. The lowest BCUT2D eigenvalue weighted by atomic mass is 10.0. The quantitative estimate of drug-likeness (QED) is 0.870. The van der Waals surface area contributed by atoms with E-state index < -0.39 is 24.0 Å². The molecular weight excluding hydrogens is 287 g/mol. The van der Waals surface area contributed by atoms with Gasteiger partial charge in [0.25, 0.3) is 0 Å². The molecule has 0 spiro atoms. The van der Waals surface area contributed by atoms with Gasteiger partial charge in [-0.05, 0) is 30.7 Å². The van der Waals surface area contributed by atoms with Crippen LogP contribution in [-0.2, 0) is 9.53 Å². The molecule has 1 rings (SSSR count). The molecule has 0 aliphatic rings. The summed E-state index contributed by atoms with van der Waals surface area (Å²) >= 11 is 5.75. The Kier molecular flexibility index (Phi) is 7.13. The van der Waals surface area contributed by atoms with E-state index in [1.54, 1.807) is 6.92 Å². The summed E-state index contributed by atoms with van der Waals surface area (Å²) in [7, 11) is 0. The monoisotopic (exact) mass is 299 g/mol. The van der Waals surface area contributed by atoms with E-state index in [4.69, 9.17) is 17.3 Å². The Bertz CT molecular complexity index is 418. The number of carbonyl (C=O) groups is 1. The summed E-state index contributed by atoms with van der Waals surface area (Å²) in [6.45, 7) is 1.59. The first-order valence-electron chi connectivity index (χ1n) is 4.98. The first kappa shape index (κ1) is 17.1. The molecule has 0 aromatic heterocycles. The predicted molar refractivity (Wildman–Crippen MR) is 67.1 cm³/mol. The highest BCUT2D eigenvalue weighted by atomic mass is 35.5. The molecule has 1 aromatic rings. The molecule has 0 saturated carbocycles. The molecule has 0 aliphatic heterocycles. The van der Waals surface area contributed by atoms with Gasteiger partial charge in [0.1, 0.15) is 5.82 Å². The van der Waals surface area contributed by atoms with Crippen molar-refractivity contribution < 1.29 is 18.3 Å². The van der Waals surface area contributed by atoms with Crippen LogP contribution in [0.1, 0.15) is 18.5 Å². The van der Waals surface area contributed by atoms with E-state index >= 15 is 0 Å². The van der Waals surface area contributed by atoms with E-state index in [1.807, 2.05) is 0 Å². The number of alkyl halides is 1. The highest BCUT2D eigenvalue weighted by Gasteiger charge is 2.29. The lowest BCUT2D eigenvalue weighted by Crippen LogP contribution is -2.31. The highest BCUT2D eigenvalue weighted by molar-refractivity contribution is 6.31. The van der Waals surface area contributed by atoms with Crippen molar-refractivity contribution in [3.63, 3.8) is 0 Å². The van der Waals surface area contributed by atoms with E-state index in [9.17, 15) is 13.6 Å².